The Morgan fingerprint density at radius 3 is 2.53 bits per heavy atom. The van der Waals surface area contributed by atoms with E-state index in [1.165, 1.54) is 19.2 Å². The maximum absolute atomic E-state index is 14.3. The van der Waals surface area contributed by atoms with Crippen LogP contribution in [0.15, 0.2) is 57.9 Å². The molecule has 2 aromatic carbocycles. The van der Waals surface area contributed by atoms with Crippen molar-refractivity contribution in [2.75, 3.05) is 12.4 Å². The van der Waals surface area contributed by atoms with Gasteiger partial charge in [0.15, 0.2) is 23.2 Å². The van der Waals surface area contributed by atoms with Crippen LogP contribution in [0.2, 0.25) is 10.0 Å². The number of benzene rings is 2. The smallest absolute Gasteiger partial charge is 0.355 e. The number of aromatic nitrogens is 3. The van der Waals surface area contributed by atoms with E-state index in [1.807, 2.05) is 0 Å². The summed E-state index contributed by atoms with van der Waals surface area (Å²) in [6.45, 7) is 0. The van der Waals surface area contributed by atoms with E-state index in [4.69, 9.17) is 27.6 Å². The molecule has 10 heteroatoms. The van der Waals surface area contributed by atoms with Crippen molar-refractivity contribution in [3.05, 3.63) is 80.8 Å². The highest BCUT2D eigenvalue weighted by Crippen LogP contribution is 2.34. The summed E-state index contributed by atoms with van der Waals surface area (Å²) in [6, 6.07) is 10.6. The average Bonchev–Trinajstić information content (AvgIpc) is 3.16. The zero-order valence-electron chi connectivity index (χ0n) is 15.3. The molecule has 0 aliphatic heterocycles. The first-order valence-corrected chi connectivity index (χ1v) is 9.32. The minimum atomic E-state index is -0.803. The number of hydrogen-bond acceptors (Lipinski definition) is 5. The van der Waals surface area contributed by atoms with Crippen LogP contribution < -0.4 is 11.0 Å². The molecule has 0 amide bonds. The standard InChI is InChI=1S/C20H12Cl2F2N4O2/c1-25-17-15(24)9-28(20(29)26-17)18-16(10-5-6-13(22)14(23)8-10)30-19(27-18)11-3-2-4-12(21)7-11/h2-9H,1H3,(H,25,26,29). The minimum Gasteiger partial charge on any atom is -0.434 e. The number of halogens is 4. The van der Waals surface area contributed by atoms with Crippen molar-refractivity contribution in [2.45, 2.75) is 0 Å². The maximum atomic E-state index is 14.3. The molecule has 2 aromatic heterocycles. The average molecular weight is 449 g/mol. The van der Waals surface area contributed by atoms with Crippen LogP contribution in [0.25, 0.3) is 28.6 Å². The molecule has 0 bridgehead atoms. The Bertz CT molecular complexity index is 1320. The van der Waals surface area contributed by atoms with Gasteiger partial charge in [0.25, 0.3) is 0 Å². The van der Waals surface area contributed by atoms with Crippen LogP contribution in [0.5, 0.6) is 0 Å². The van der Waals surface area contributed by atoms with Gasteiger partial charge in [-0.15, -0.1) is 0 Å². The summed E-state index contributed by atoms with van der Waals surface area (Å²) >= 11 is 11.8. The Kier molecular flexibility index (Phi) is 5.27. The van der Waals surface area contributed by atoms with Crippen molar-refractivity contribution >= 4 is 29.0 Å². The summed E-state index contributed by atoms with van der Waals surface area (Å²) in [6.07, 6.45) is 0.927. The second-order valence-electron chi connectivity index (χ2n) is 6.15. The second-order valence-corrected chi connectivity index (χ2v) is 6.99. The fourth-order valence-electron chi connectivity index (χ4n) is 2.81. The molecule has 30 heavy (non-hydrogen) atoms. The van der Waals surface area contributed by atoms with Crippen LogP contribution >= 0.6 is 23.2 Å². The van der Waals surface area contributed by atoms with E-state index in [9.17, 15) is 13.6 Å². The van der Waals surface area contributed by atoms with E-state index in [-0.39, 0.29) is 33.9 Å². The Balaban J connectivity index is 1.98. The van der Waals surface area contributed by atoms with Crippen LogP contribution in [0.3, 0.4) is 0 Å². The van der Waals surface area contributed by atoms with Gasteiger partial charge in [-0.25, -0.2) is 18.1 Å². The monoisotopic (exact) mass is 448 g/mol. The third-order valence-corrected chi connectivity index (χ3v) is 4.75. The molecule has 152 valence electrons. The van der Waals surface area contributed by atoms with Gasteiger partial charge in [-0.05, 0) is 36.4 Å². The number of hydrogen-bond donors (Lipinski definition) is 1. The molecule has 0 fully saturated rings. The van der Waals surface area contributed by atoms with Crippen molar-refractivity contribution in [1.29, 1.82) is 0 Å². The highest BCUT2D eigenvalue weighted by molar-refractivity contribution is 6.31. The predicted molar refractivity (Wildman–Crippen MR) is 110 cm³/mol. The van der Waals surface area contributed by atoms with Crippen LogP contribution in [0.1, 0.15) is 0 Å². The molecule has 0 spiro atoms. The van der Waals surface area contributed by atoms with Gasteiger partial charge in [0.2, 0.25) is 5.89 Å². The largest absolute Gasteiger partial charge is 0.434 e. The molecule has 4 rings (SSSR count). The quantitative estimate of drug-likeness (QED) is 0.465. The lowest BCUT2D eigenvalue weighted by Crippen LogP contribution is -2.23. The molecular formula is C20H12Cl2F2N4O2. The Labute approximate surface area is 178 Å². The Hall–Kier alpha value is -3.23. The summed E-state index contributed by atoms with van der Waals surface area (Å²) in [7, 11) is 1.43. The molecule has 0 unspecified atom stereocenters. The van der Waals surface area contributed by atoms with E-state index in [1.54, 1.807) is 24.3 Å². The molecule has 6 nitrogen and oxygen atoms in total. The number of rotatable bonds is 4. The lowest BCUT2D eigenvalue weighted by Gasteiger charge is -2.07. The highest BCUT2D eigenvalue weighted by Gasteiger charge is 2.22. The van der Waals surface area contributed by atoms with Crippen LogP contribution in [-0.2, 0) is 0 Å². The molecule has 0 atom stereocenters. The Morgan fingerprint density at radius 2 is 1.83 bits per heavy atom. The summed E-state index contributed by atoms with van der Waals surface area (Å²) in [5.74, 6) is -1.62. The molecule has 0 aliphatic carbocycles. The number of nitrogens with one attached hydrogen (secondary N) is 1. The van der Waals surface area contributed by atoms with Gasteiger partial charge in [0.05, 0.1) is 11.2 Å². The van der Waals surface area contributed by atoms with Crippen LogP contribution in [-0.4, -0.2) is 21.6 Å². The van der Waals surface area contributed by atoms with E-state index in [0.717, 1.165) is 16.8 Å². The van der Waals surface area contributed by atoms with Crippen molar-refractivity contribution in [3.63, 3.8) is 0 Å². The summed E-state index contributed by atoms with van der Waals surface area (Å²) in [5.41, 5.74) is -0.0437. The Morgan fingerprint density at radius 1 is 1.03 bits per heavy atom. The fraction of sp³-hybridized carbons (Fsp3) is 0.0500. The normalized spacial score (nSPS) is 11.0. The SMILES string of the molecule is CNc1nc(=O)n(-c2nc(-c3cccc(Cl)c3)oc2-c2ccc(Cl)c(F)c2)cc1F. The minimum absolute atomic E-state index is 0.0287. The summed E-state index contributed by atoms with van der Waals surface area (Å²) in [4.78, 5) is 20.5. The van der Waals surface area contributed by atoms with Gasteiger partial charge >= 0.3 is 5.69 Å². The zero-order chi connectivity index (χ0) is 21.4. The molecule has 4 aromatic rings. The number of oxazole rings is 1. The first-order chi connectivity index (χ1) is 14.4. The van der Waals surface area contributed by atoms with Crippen molar-refractivity contribution in [1.82, 2.24) is 14.5 Å². The highest BCUT2D eigenvalue weighted by atomic mass is 35.5. The van der Waals surface area contributed by atoms with Crippen LogP contribution in [0, 0.1) is 11.6 Å². The molecule has 0 saturated carbocycles. The molecule has 0 aliphatic rings. The van der Waals surface area contributed by atoms with E-state index >= 15 is 0 Å². The number of anilines is 1. The summed E-state index contributed by atoms with van der Waals surface area (Å²) in [5, 5.41) is 2.84. The third-order valence-electron chi connectivity index (χ3n) is 4.21. The molecule has 0 radical (unpaired) electrons. The fourth-order valence-corrected chi connectivity index (χ4v) is 3.11. The van der Waals surface area contributed by atoms with E-state index in [2.05, 4.69) is 15.3 Å². The first-order valence-electron chi connectivity index (χ1n) is 8.57. The van der Waals surface area contributed by atoms with Gasteiger partial charge in [-0.1, -0.05) is 29.3 Å². The van der Waals surface area contributed by atoms with Gasteiger partial charge in [0.1, 0.15) is 5.82 Å². The lowest BCUT2D eigenvalue weighted by atomic mass is 10.1. The first kappa shape index (κ1) is 20.1. The van der Waals surface area contributed by atoms with Gasteiger partial charge in [0, 0.05) is 23.2 Å². The molecule has 1 N–H and O–H groups in total. The van der Waals surface area contributed by atoms with Crippen molar-refractivity contribution < 1.29 is 13.2 Å². The third kappa shape index (κ3) is 3.67. The lowest BCUT2D eigenvalue weighted by molar-refractivity contribution is 0.583. The van der Waals surface area contributed by atoms with Crippen LogP contribution in [0.4, 0.5) is 14.6 Å². The van der Waals surface area contributed by atoms with Crippen molar-refractivity contribution in [2.24, 2.45) is 0 Å². The zero-order valence-corrected chi connectivity index (χ0v) is 16.8. The van der Waals surface area contributed by atoms with Crippen molar-refractivity contribution in [3.8, 4) is 28.6 Å². The second kappa shape index (κ2) is 7.89. The number of nitrogens with zero attached hydrogens (tertiary/aromatic N) is 3. The predicted octanol–water partition coefficient (Wildman–Crippen LogP) is 5.18. The van der Waals surface area contributed by atoms with Gasteiger partial charge < -0.3 is 9.73 Å². The topological polar surface area (TPSA) is 73.0 Å². The molecule has 2 heterocycles. The summed E-state index contributed by atoms with van der Waals surface area (Å²) < 4.78 is 35.1. The van der Waals surface area contributed by atoms with E-state index < -0.39 is 17.3 Å². The van der Waals surface area contributed by atoms with Gasteiger partial charge in [-0.2, -0.15) is 9.97 Å². The molecular weight excluding hydrogens is 437 g/mol. The van der Waals surface area contributed by atoms with Gasteiger partial charge in [-0.3, -0.25) is 0 Å². The maximum Gasteiger partial charge on any atom is 0.355 e. The molecule has 0 saturated heterocycles. The van der Waals surface area contributed by atoms with E-state index in [0.29, 0.717) is 10.6 Å².